The summed E-state index contributed by atoms with van der Waals surface area (Å²) >= 11 is 0. The van der Waals surface area contributed by atoms with E-state index in [4.69, 9.17) is 9.47 Å². The third kappa shape index (κ3) is 4.51. The molecule has 1 aliphatic carbocycles. The summed E-state index contributed by atoms with van der Waals surface area (Å²) in [6.45, 7) is 2.97. The van der Waals surface area contributed by atoms with Crippen LogP contribution in [0.15, 0.2) is 18.2 Å². The third-order valence-electron chi connectivity index (χ3n) is 4.36. The van der Waals surface area contributed by atoms with E-state index < -0.39 is 10.0 Å². The molecule has 0 amide bonds. The van der Waals surface area contributed by atoms with Crippen LogP contribution in [0.2, 0.25) is 0 Å². The van der Waals surface area contributed by atoms with Crippen LogP contribution in [0.1, 0.15) is 25.7 Å². The van der Waals surface area contributed by atoms with Gasteiger partial charge in [0.1, 0.15) is 13.2 Å². The first-order valence-corrected chi connectivity index (χ1v) is 10.0. The number of benzene rings is 1. The second-order valence-corrected chi connectivity index (χ2v) is 7.96. The molecule has 0 unspecified atom stereocenters. The van der Waals surface area contributed by atoms with E-state index in [2.05, 4.69) is 9.62 Å². The van der Waals surface area contributed by atoms with E-state index in [0.29, 0.717) is 36.4 Å². The second-order valence-electron chi connectivity index (χ2n) is 6.21. The van der Waals surface area contributed by atoms with Gasteiger partial charge in [-0.2, -0.15) is 0 Å². The van der Waals surface area contributed by atoms with Crippen molar-refractivity contribution < 1.29 is 17.9 Å². The fraction of sp³-hybridized carbons (Fsp3) is 0.625. The van der Waals surface area contributed by atoms with Gasteiger partial charge in [-0.05, 0) is 25.0 Å². The smallest absolute Gasteiger partial charge is 0.229 e. The molecule has 6 nitrogen and oxygen atoms in total. The number of hydrogen-bond acceptors (Lipinski definition) is 5. The topological polar surface area (TPSA) is 67.9 Å². The van der Waals surface area contributed by atoms with E-state index >= 15 is 0 Å². The van der Waals surface area contributed by atoms with Gasteiger partial charge < -0.3 is 9.47 Å². The molecule has 1 N–H and O–H groups in total. The lowest BCUT2D eigenvalue weighted by Gasteiger charge is -2.27. The van der Waals surface area contributed by atoms with Gasteiger partial charge in [0.25, 0.3) is 0 Å². The quantitative estimate of drug-likeness (QED) is 0.912. The zero-order valence-corrected chi connectivity index (χ0v) is 14.3. The fourth-order valence-corrected chi connectivity index (χ4v) is 3.86. The Kier molecular flexibility index (Phi) is 4.96. The maximum Gasteiger partial charge on any atom is 0.229 e. The molecule has 1 aromatic rings. The molecule has 23 heavy (non-hydrogen) atoms. The molecule has 0 bridgehead atoms. The number of hydrogen-bond donors (Lipinski definition) is 1. The van der Waals surface area contributed by atoms with Crippen molar-refractivity contribution in [1.29, 1.82) is 0 Å². The summed E-state index contributed by atoms with van der Waals surface area (Å²) in [6, 6.07) is 5.77. The van der Waals surface area contributed by atoms with Gasteiger partial charge in [-0.1, -0.05) is 12.8 Å². The van der Waals surface area contributed by atoms with Crippen LogP contribution in [0.3, 0.4) is 0 Å². The van der Waals surface area contributed by atoms with Crippen molar-refractivity contribution in [3.63, 3.8) is 0 Å². The molecule has 2 aliphatic rings. The van der Waals surface area contributed by atoms with Crippen LogP contribution in [-0.4, -0.2) is 51.9 Å². The average Bonchev–Trinajstić information content (AvgIpc) is 3.01. The minimum Gasteiger partial charge on any atom is -0.488 e. The summed E-state index contributed by atoms with van der Waals surface area (Å²) in [5, 5.41) is 0. The molecule has 1 heterocycles. The highest BCUT2D eigenvalue weighted by molar-refractivity contribution is 7.92. The maximum absolute atomic E-state index is 11.3. The average molecular weight is 340 g/mol. The summed E-state index contributed by atoms with van der Waals surface area (Å²) < 4.78 is 36.8. The van der Waals surface area contributed by atoms with Gasteiger partial charge in [-0.25, -0.2) is 8.42 Å². The molecule has 1 aromatic carbocycles. The number of ether oxygens (including phenoxy) is 2. The summed E-state index contributed by atoms with van der Waals surface area (Å²) in [6.07, 6.45) is 6.27. The number of nitrogens with one attached hydrogen (secondary N) is 1. The molecule has 3 rings (SSSR count). The minimum atomic E-state index is -3.30. The highest BCUT2D eigenvalue weighted by Crippen LogP contribution is 2.32. The van der Waals surface area contributed by atoms with Crippen molar-refractivity contribution in [1.82, 2.24) is 4.90 Å². The maximum atomic E-state index is 11.3. The molecule has 1 saturated carbocycles. The first-order chi connectivity index (χ1) is 11.0. The van der Waals surface area contributed by atoms with E-state index in [1.807, 2.05) is 0 Å². The second kappa shape index (κ2) is 6.97. The van der Waals surface area contributed by atoms with Crippen molar-refractivity contribution >= 4 is 15.7 Å². The molecule has 0 radical (unpaired) electrons. The lowest BCUT2D eigenvalue weighted by Crippen LogP contribution is -2.38. The molecule has 1 fully saturated rings. The molecule has 0 spiro atoms. The van der Waals surface area contributed by atoms with Crippen molar-refractivity contribution in [2.75, 3.05) is 37.3 Å². The lowest BCUT2D eigenvalue weighted by molar-refractivity contribution is 0.149. The van der Waals surface area contributed by atoms with Gasteiger partial charge in [-0.15, -0.1) is 0 Å². The van der Waals surface area contributed by atoms with Crippen LogP contribution < -0.4 is 14.2 Å². The Bertz CT molecular complexity index is 641. The van der Waals surface area contributed by atoms with Crippen LogP contribution >= 0.6 is 0 Å². The number of rotatable bonds is 3. The molecular formula is C16H24N2O4S. The first-order valence-electron chi connectivity index (χ1n) is 8.13. The van der Waals surface area contributed by atoms with E-state index in [-0.39, 0.29) is 0 Å². The largest absolute Gasteiger partial charge is 0.488 e. The van der Waals surface area contributed by atoms with Crippen LogP contribution in [0, 0.1) is 0 Å². The number of nitrogens with zero attached hydrogens (tertiary/aromatic N) is 1. The Morgan fingerprint density at radius 3 is 2.39 bits per heavy atom. The van der Waals surface area contributed by atoms with E-state index in [1.165, 1.54) is 25.7 Å². The molecule has 128 valence electrons. The molecule has 0 saturated heterocycles. The summed E-state index contributed by atoms with van der Waals surface area (Å²) in [5.74, 6) is 1.25. The fourth-order valence-electron chi connectivity index (χ4n) is 3.31. The molecular weight excluding hydrogens is 316 g/mol. The zero-order valence-electron chi connectivity index (χ0n) is 13.5. The third-order valence-corrected chi connectivity index (χ3v) is 4.97. The monoisotopic (exact) mass is 340 g/mol. The number of sulfonamides is 1. The Labute approximate surface area is 137 Å². The van der Waals surface area contributed by atoms with E-state index in [9.17, 15) is 8.42 Å². The molecule has 0 aromatic heterocycles. The van der Waals surface area contributed by atoms with E-state index in [0.717, 1.165) is 19.3 Å². The van der Waals surface area contributed by atoms with Gasteiger partial charge in [0, 0.05) is 25.2 Å². The van der Waals surface area contributed by atoms with Gasteiger partial charge in [0.2, 0.25) is 10.0 Å². The number of fused-ring (bicyclic) bond motifs is 1. The van der Waals surface area contributed by atoms with Gasteiger partial charge in [0.15, 0.2) is 11.5 Å². The van der Waals surface area contributed by atoms with Gasteiger partial charge in [-0.3, -0.25) is 9.62 Å². The molecule has 7 heteroatoms. The Morgan fingerprint density at radius 1 is 1.09 bits per heavy atom. The minimum absolute atomic E-state index is 0.488. The van der Waals surface area contributed by atoms with Crippen LogP contribution in [0.4, 0.5) is 5.69 Å². The highest BCUT2D eigenvalue weighted by atomic mass is 32.2. The Balaban J connectivity index is 1.70. The van der Waals surface area contributed by atoms with Crippen molar-refractivity contribution in [2.24, 2.45) is 0 Å². The van der Waals surface area contributed by atoms with Gasteiger partial charge in [0.05, 0.1) is 11.9 Å². The van der Waals surface area contributed by atoms with Crippen molar-refractivity contribution in [3.05, 3.63) is 18.2 Å². The van der Waals surface area contributed by atoms with E-state index in [1.54, 1.807) is 18.2 Å². The SMILES string of the molecule is CS(=O)(=O)Nc1ccc2c(c1)OCCN(C1CCCC1)CCO2. The zero-order chi connectivity index (χ0) is 16.3. The molecule has 1 aliphatic heterocycles. The standard InChI is InChI=1S/C16H24N2O4S/c1-23(19,20)17-13-6-7-15-16(12-13)22-11-9-18(8-10-21-15)14-4-2-3-5-14/h6-7,12,14,17H,2-5,8-11H2,1H3. The van der Waals surface area contributed by atoms with Crippen LogP contribution in [0.25, 0.3) is 0 Å². The van der Waals surface area contributed by atoms with Crippen molar-refractivity contribution in [2.45, 2.75) is 31.7 Å². The molecule has 0 atom stereocenters. The predicted octanol–water partition coefficient (Wildman–Crippen LogP) is 2.07. The van der Waals surface area contributed by atoms with Crippen LogP contribution in [-0.2, 0) is 10.0 Å². The highest BCUT2D eigenvalue weighted by Gasteiger charge is 2.23. The first kappa shape index (κ1) is 16.4. The summed E-state index contributed by atoms with van der Waals surface area (Å²) in [4.78, 5) is 2.45. The van der Waals surface area contributed by atoms with Crippen molar-refractivity contribution in [3.8, 4) is 11.5 Å². The normalized spacial score (nSPS) is 20.6. The Hall–Kier alpha value is -1.47. The van der Waals surface area contributed by atoms with Gasteiger partial charge >= 0.3 is 0 Å². The lowest BCUT2D eigenvalue weighted by atomic mass is 10.2. The predicted molar refractivity (Wildman–Crippen MR) is 89.7 cm³/mol. The Morgan fingerprint density at radius 2 is 1.74 bits per heavy atom. The summed E-state index contributed by atoms with van der Waals surface area (Å²) in [7, 11) is -3.30. The summed E-state index contributed by atoms with van der Waals surface area (Å²) in [5.41, 5.74) is 0.488. The number of anilines is 1. The van der Waals surface area contributed by atoms with Crippen LogP contribution in [0.5, 0.6) is 11.5 Å².